The maximum atomic E-state index is 12.5. The lowest BCUT2D eigenvalue weighted by Crippen LogP contribution is -2.35. The summed E-state index contributed by atoms with van der Waals surface area (Å²) >= 11 is 0. The number of allylic oxidation sites excluding steroid dienone is 2. The van der Waals surface area contributed by atoms with Gasteiger partial charge in [-0.05, 0) is 38.5 Å². The first kappa shape index (κ1) is 10.9. The molecule has 0 aromatic heterocycles. The van der Waals surface area contributed by atoms with E-state index in [1.54, 1.807) is 0 Å². The number of hydrogen-bond donors (Lipinski definition) is 0. The van der Waals surface area contributed by atoms with Crippen molar-refractivity contribution < 1.29 is 4.79 Å². The molecule has 2 atom stereocenters. The van der Waals surface area contributed by atoms with E-state index < -0.39 is 0 Å². The molecule has 0 aromatic carbocycles. The summed E-state index contributed by atoms with van der Waals surface area (Å²) in [5.74, 6) is 1.10. The molecule has 1 nitrogen and oxygen atoms in total. The summed E-state index contributed by atoms with van der Waals surface area (Å²) in [5.41, 5.74) is 1.35. The monoisotopic (exact) mass is 206 g/mol. The highest BCUT2D eigenvalue weighted by Gasteiger charge is 2.52. The van der Waals surface area contributed by atoms with Gasteiger partial charge in [0.15, 0.2) is 0 Å². The summed E-state index contributed by atoms with van der Waals surface area (Å²) in [5, 5.41) is 0. The Bertz CT molecular complexity index is 324. The Hall–Kier alpha value is -0.590. The first-order valence-electron chi connectivity index (χ1n) is 6.08. The van der Waals surface area contributed by atoms with Crippen LogP contribution in [0.3, 0.4) is 0 Å². The minimum atomic E-state index is -0.0721. The van der Waals surface area contributed by atoms with Gasteiger partial charge in [0.05, 0.1) is 0 Å². The van der Waals surface area contributed by atoms with Crippen molar-refractivity contribution in [3.63, 3.8) is 0 Å². The Morgan fingerprint density at radius 3 is 2.47 bits per heavy atom. The van der Waals surface area contributed by atoms with Crippen LogP contribution in [0.15, 0.2) is 11.6 Å². The van der Waals surface area contributed by atoms with Crippen molar-refractivity contribution in [1.82, 2.24) is 0 Å². The molecule has 0 N–H and O–H groups in total. The van der Waals surface area contributed by atoms with E-state index in [0.29, 0.717) is 11.7 Å². The minimum absolute atomic E-state index is 0.00174. The minimum Gasteiger partial charge on any atom is -0.298 e. The Morgan fingerprint density at radius 2 is 2.00 bits per heavy atom. The van der Waals surface area contributed by atoms with Gasteiger partial charge >= 0.3 is 0 Å². The molecule has 2 aliphatic rings. The first-order chi connectivity index (χ1) is 6.86. The van der Waals surface area contributed by atoms with Gasteiger partial charge in [0.1, 0.15) is 5.78 Å². The molecule has 0 aromatic rings. The van der Waals surface area contributed by atoms with Gasteiger partial charge in [0, 0.05) is 10.8 Å². The van der Waals surface area contributed by atoms with Crippen LogP contribution < -0.4 is 0 Å². The van der Waals surface area contributed by atoms with Crippen LogP contribution >= 0.6 is 0 Å². The van der Waals surface area contributed by atoms with Crippen LogP contribution in [0.4, 0.5) is 0 Å². The molecule has 84 valence electrons. The number of rotatable bonds is 0. The maximum absolute atomic E-state index is 12.5. The summed E-state index contributed by atoms with van der Waals surface area (Å²) in [7, 11) is 0. The fourth-order valence-electron chi connectivity index (χ4n) is 3.69. The standard InChI is InChI=1S/C14H22O/c1-10-7-11(2)9-14(8-10)6-5-13(3,4)12(14)15/h7,10H,5-6,8-9H2,1-4H3. The number of carbonyl (C=O) groups excluding carboxylic acids is 1. The average Bonchev–Trinajstić information content (AvgIpc) is 2.29. The van der Waals surface area contributed by atoms with Crippen LogP contribution in [-0.4, -0.2) is 5.78 Å². The fraction of sp³-hybridized carbons (Fsp3) is 0.786. The Kier molecular flexibility index (Phi) is 2.33. The molecule has 1 heteroatoms. The molecular weight excluding hydrogens is 184 g/mol. The number of carbonyl (C=O) groups is 1. The average molecular weight is 206 g/mol. The molecule has 0 heterocycles. The molecule has 0 radical (unpaired) electrons. The molecule has 2 rings (SSSR count). The predicted octanol–water partition coefficient (Wildman–Crippen LogP) is 3.74. The number of ketones is 1. The van der Waals surface area contributed by atoms with Crippen molar-refractivity contribution in [1.29, 1.82) is 0 Å². The van der Waals surface area contributed by atoms with Gasteiger partial charge in [0.25, 0.3) is 0 Å². The van der Waals surface area contributed by atoms with Crippen molar-refractivity contribution in [3.05, 3.63) is 11.6 Å². The second-order valence-electron chi connectivity index (χ2n) is 6.36. The summed E-state index contributed by atoms with van der Waals surface area (Å²) in [6.07, 6.45) is 6.61. The zero-order valence-corrected chi connectivity index (χ0v) is 10.4. The largest absolute Gasteiger partial charge is 0.298 e. The van der Waals surface area contributed by atoms with E-state index in [1.807, 2.05) is 0 Å². The molecule has 0 aliphatic heterocycles. The van der Waals surface area contributed by atoms with Crippen LogP contribution in [0, 0.1) is 16.7 Å². The Balaban J connectivity index is 2.31. The van der Waals surface area contributed by atoms with Crippen LogP contribution in [0.25, 0.3) is 0 Å². The van der Waals surface area contributed by atoms with Crippen molar-refractivity contribution >= 4 is 5.78 Å². The Morgan fingerprint density at radius 1 is 1.33 bits per heavy atom. The second kappa shape index (κ2) is 3.20. The van der Waals surface area contributed by atoms with Crippen molar-refractivity contribution in [3.8, 4) is 0 Å². The summed E-state index contributed by atoms with van der Waals surface area (Å²) < 4.78 is 0. The summed E-state index contributed by atoms with van der Waals surface area (Å²) in [4.78, 5) is 12.5. The first-order valence-corrected chi connectivity index (χ1v) is 6.08. The van der Waals surface area contributed by atoms with E-state index in [0.717, 1.165) is 25.7 Å². The van der Waals surface area contributed by atoms with Crippen LogP contribution in [-0.2, 0) is 4.79 Å². The fourth-order valence-corrected chi connectivity index (χ4v) is 3.69. The second-order valence-corrected chi connectivity index (χ2v) is 6.36. The number of Topliss-reactive ketones (excluding diaryl/α,β-unsaturated/α-hetero) is 1. The zero-order chi connectivity index (χ0) is 11.3. The molecule has 2 unspecified atom stereocenters. The number of hydrogen-bond acceptors (Lipinski definition) is 1. The van der Waals surface area contributed by atoms with Gasteiger partial charge in [-0.3, -0.25) is 4.79 Å². The normalized spacial score (nSPS) is 39.6. The Labute approximate surface area is 92.9 Å². The SMILES string of the molecule is CC1=CC(C)CC2(CCC(C)(C)C2=O)C1. The summed E-state index contributed by atoms with van der Waals surface area (Å²) in [6.45, 7) is 8.64. The lowest BCUT2D eigenvalue weighted by atomic mass is 9.67. The highest BCUT2D eigenvalue weighted by Crippen LogP contribution is 2.54. The topological polar surface area (TPSA) is 17.1 Å². The molecule has 15 heavy (non-hydrogen) atoms. The third kappa shape index (κ3) is 1.66. The van der Waals surface area contributed by atoms with Gasteiger partial charge in [-0.1, -0.05) is 32.4 Å². The van der Waals surface area contributed by atoms with Crippen LogP contribution in [0.1, 0.15) is 53.4 Å². The van der Waals surface area contributed by atoms with Gasteiger partial charge in [-0.15, -0.1) is 0 Å². The van der Waals surface area contributed by atoms with Gasteiger partial charge in [0.2, 0.25) is 0 Å². The molecular formula is C14H22O. The van der Waals surface area contributed by atoms with E-state index in [1.165, 1.54) is 5.57 Å². The van der Waals surface area contributed by atoms with Crippen LogP contribution in [0.2, 0.25) is 0 Å². The summed E-state index contributed by atoms with van der Waals surface area (Å²) in [6, 6.07) is 0. The predicted molar refractivity (Wildman–Crippen MR) is 62.6 cm³/mol. The molecule has 1 saturated carbocycles. The van der Waals surface area contributed by atoms with Crippen molar-refractivity contribution in [2.75, 3.05) is 0 Å². The highest BCUT2D eigenvalue weighted by molar-refractivity contribution is 5.92. The van der Waals surface area contributed by atoms with E-state index >= 15 is 0 Å². The molecule has 0 bridgehead atoms. The van der Waals surface area contributed by atoms with Crippen LogP contribution in [0.5, 0.6) is 0 Å². The quantitative estimate of drug-likeness (QED) is 0.552. The maximum Gasteiger partial charge on any atom is 0.144 e. The molecule has 1 fully saturated rings. The van der Waals surface area contributed by atoms with Gasteiger partial charge < -0.3 is 0 Å². The van der Waals surface area contributed by atoms with Gasteiger partial charge in [-0.2, -0.15) is 0 Å². The van der Waals surface area contributed by atoms with Crippen molar-refractivity contribution in [2.24, 2.45) is 16.7 Å². The smallest absolute Gasteiger partial charge is 0.144 e. The lowest BCUT2D eigenvalue weighted by Gasteiger charge is -2.35. The van der Waals surface area contributed by atoms with E-state index in [9.17, 15) is 4.79 Å². The van der Waals surface area contributed by atoms with Gasteiger partial charge in [-0.25, -0.2) is 0 Å². The lowest BCUT2D eigenvalue weighted by molar-refractivity contribution is -0.133. The van der Waals surface area contributed by atoms with E-state index in [-0.39, 0.29) is 10.8 Å². The third-order valence-electron chi connectivity index (χ3n) is 4.22. The zero-order valence-electron chi connectivity index (χ0n) is 10.4. The van der Waals surface area contributed by atoms with E-state index in [4.69, 9.17) is 0 Å². The van der Waals surface area contributed by atoms with E-state index in [2.05, 4.69) is 33.8 Å². The molecule has 0 saturated heterocycles. The molecule has 1 spiro atoms. The molecule has 0 amide bonds. The van der Waals surface area contributed by atoms with Crippen molar-refractivity contribution in [2.45, 2.75) is 53.4 Å². The third-order valence-corrected chi connectivity index (χ3v) is 4.22. The highest BCUT2D eigenvalue weighted by atomic mass is 16.1. The molecule has 2 aliphatic carbocycles.